The van der Waals surface area contributed by atoms with Crippen molar-refractivity contribution in [3.05, 3.63) is 10.9 Å². The maximum Gasteiger partial charge on any atom is 0.225 e. The summed E-state index contributed by atoms with van der Waals surface area (Å²) in [5.74, 6) is 1.69. The summed E-state index contributed by atoms with van der Waals surface area (Å²) in [5.41, 5.74) is 0.523. The first-order chi connectivity index (χ1) is 10.2. The molecule has 2 N–H and O–H groups in total. The van der Waals surface area contributed by atoms with Gasteiger partial charge in [0.25, 0.3) is 0 Å². The van der Waals surface area contributed by atoms with E-state index in [1.807, 2.05) is 7.05 Å². The second kappa shape index (κ2) is 5.79. The lowest BCUT2D eigenvalue weighted by atomic mass is 10.0. The molecule has 2 aromatic rings. The highest BCUT2D eigenvalue weighted by atomic mass is 32.1. The number of hydrogen-bond donors (Lipinski definition) is 2. The molecule has 0 aliphatic heterocycles. The molecule has 2 aromatic heterocycles. The molecular formula is C16H24N4S. The predicted molar refractivity (Wildman–Crippen MR) is 91.4 cm³/mol. The van der Waals surface area contributed by atoms with E-state index in [0.29, 0.717) is 11.4 Å². The Morgan fingerprint density at radius 3 is 2.71 bits per heavy atom. The van der Waals surface area contributed by atoms with Crippen LogP contribution in [-0.2, 0) is 6.42 Å². The highest BCUT2D eigenvalue weighted by Gasteiger charge is 2.41. The third-order valence-corrected chi connectivity index (χ3v) is 5.56. The maximum absolute atomic E-state index is 4.63. The molecular weight excluding hydrogens is 280 g/mol. The van der Waals surface area contributed by atoms with E-state index < -0.39 is 0 Å². The van der Waals surface area contributed by atoms with Gasteiger partial charge in [-0.2, -0.15) is 4.98 Å². The number of nitrogens with zero attached hydrogens (tertiary/aromatic N) is 2. The van der Waals surface area contributed by atoms with E-state index in [2.05, 4.69) is 40.5 Å². The normalized spacial score (nSPS) is 16.1. The highest BCUT2D eigenvalue weighted by molar-refractivity contribution is 7.18. The fourth-order valence-electron chi connectivity index (χ4n) is 2.89. The standard InChI is InChI=1S/C16H24N4S/c1-4-6-16(7-8-16)10-18-13-12-9-11(5-2)21-14(12)20-15(17-3)19-13/h9H,4-8,10H2,1-3H3,(H2,17,18,19,20). The van der Waals surface area contributed by atoms with Crippen molar-refractivity contribution in [1.29, 1.82) is 0 Å². The number of fused-ring (bicyclic) bond motifs is 1. The summed E-state index contributed by atoms with van der Waals surface area (Å²) in [6.45, 7) is 5.49. The Balaban J connectivity index is 1.87. The number of anilines is 2. The van der Waals surface area contributed by atoms with Crippen LogP contribution in [0.3, 0.4) is 0 Å². The third kappa shape index (κ3) is 2.98. The van der Waals surface area contributed by atoms with Crippen LogP contribution in [0.15, 0.2) is 6.07 Å². The van der Waals surface area contributed by atoms with Gasteiger partial charge < -0.3 is 10.6 Å². The molecule has 2 heterocycles. The lowest BCUT2D eigenvalue weighted by Gasteiger charge is -2.16. The zero-order chi connectivity index (χ0) is 14.9. The van der Waals surface area contributed by atoms with E-state index in [1.54, 1.807) is 11.3 Å². The Hall–Kier alpha value is -1.36. The van der Waals surface area contributed by atoms with Gasteiger partial charge >= 0.3 is 0 Å². The van der Waals surface area contributed by atoms with Crippen molar-refractivity contribution in [1.82, 2.24) is 9.97 Å². The van der Waals surface area contributed by atoms with E-state index in [-0.39, 0.29) is 0 Å². The molecule has 5 heteroatoms. The Bertz CT molecular complexity index is 630. The van der Waals surface area contributed by atoms with Crippen LogP contribution in [0.4, 0.5) is 11.8 Å². The van der Waals surface area contributed by atoms with E-state index in [9.17, 15) is 0 Å². The molecule has 1 aliphatic rings. The van der Waals surface area contributed by atoms with Gasteiger partial charge in [-0.1, -0.05) is 20.3 Å². The quantitative estimate of drug-likeness (QED) is 0.801. The van der Waals surface area contributed by atoms with Crippen molar-refractivity contribution in [3.8, 4) is 0 Å². The first-order valence-electron chi connectivity index (χ1n) is 7.92. The molecule has 114 valence electrons. The van der Waals surface area contributed by atoms with E-state index >= 15 is 0 Å². The Morgan fingerprint density at radius 1 is 1.29 bits per heavy atom. The van der Waals surface area contributed by atoms with Gasteiger partial charge in [-0.15, -0.1) is 11.3 Å². The number of aromatic nitrogens is 2. The van der Waals surface area contributed by atoms with Crippen LogP contribution in [-0.4, -0.2) is 23.6 Å². The molecule has 0 bridgehead atoms. The minimum Gasteiger partial charge on any atom is -0.369 e. The molecule has 1 saturated carbocycles. The maximum atomic E-state index is 4.63. The average Bonchev–Trinajstić information content (AvgIpc) is 3.13. The van der Waals surface area contributed by atoms with Crippen molar-refractivity contribution < 1.29 is 0 Å². The van der Waals surface area contributed by atoms with Gasteiger partial charge in [0.1, 0.15) is 10.6 Å². The van der Waals surface area contributed by atoms with Gasteiger partial charge in [0, 0.05) is 18.5 Å². The molecule has 1 aliphatic carbocycles. The zero-order valence-electron chi connectivity index (χ0n) is 13.1. The Labute approximate surface area is 130 Å². The molecule has 0 saturated heterocycles. The fraction of sp³-hybridized carbons (Fsp3) is 0.625. The SMILES string of the molecule is CCCC1(CNc2nc(NC)nc3sc(CC)cc23)CC1. The van der Waals surface area contributed by atoms with Gasteiger partial charge in [0.15, 0.2) is 0 Å². The monoisotopic (exact) mass is 304 g/mol. The smallest absolute Gasteiger partial charge is 0.225 e. The summed E-state index contributed by atoms with van der Waals surface area (Å²) in [4.78, 5) is 11.7. The lowest BCUT2D eigenvalue weighted by Crippen LogP contribution is -2.16. The summed E-state index contributed by atoms with van der Waals surface area (Å²) in [5, 5.41) is 7.84. The summed E-state index contributed by atoms with van der Waals surface area (Å²) in [6, 6.07) is 2.24. The first-order valence-corrected chi connectivity index (χ1v) is 8.73. The summed E-state index contributed by atoms with van der Waals surface area (Å²) in [6.07, 6.45) is 6.34. The average molecular weight is 304 g/mol. The minimum atomic E-state index is 0.523. The van der Waals surface area contributed by atoms with Crippen LogP contribution in [0, 0.1) is 5.41 Å². The van der Waals surface area contributed by atoms with E-state index in [4.69, 9.17) is 0 Å². The van der Waals surface area contributed by atoms with Gasteiger partial charge in [-0.3, -0.25) is 0 Å². The summed E-state index contributed by atoms with van der Waals surface area (Å²) in [7, 11) is 1.87. The lowest BCUT2D eigenvalue weighted by molar-refractivity contribution is 0.485. The van der Waals surface area contributed by atoms with E-state index in [0.717, 1.165) is 23.6 Å². The molecule has 3 rings (SSSR count). The number of rotatable bonds is 7. The molecule has 0 radical (unpaired) electrons. The number of nitrogens with one attached hydrogen (secondary N) is 2. The summed E-state index contributed by atoms with van der Waals surface area (Å²) < 4.78 is 0. The second-order valence-corrected chi connectivity index (χ2v) is 7.15. The van der Waals surface area contributed by atoms with Crippen LogP contribution in [0.2, 0.25) is 0 Å². The minimum absolute atomic E-state index is 0.523. The molecule has 0 unspecified atom stereocenters. The van der Waals surface area contributed by atoms with Crippen LogP contribution in [0.1, 0.15) is 44.4 Å². The molecule has 0 spiro atoms. The summed E-state index contributed by atoms with van der Waals surface area (Å²) >= 11 is 1.77. The van der Waals surface area contributed by atoms with Gasteiger partial charge in [0.2, 0.25) is 5.95 Å². The predicted octanol–water partition coefficient (Wildman–Crippen LogP) is 4.29. The number of hydrogen-bond acceptors (Lipinski definition) is 5. The van der Waals surface area contributed by atoms with Crippen molar-refractivity contribution in [2.45, 2.75) is 46.0 Å². The van der Waals surface area contributed by atoms with E-state index in [1.165, 1.54) is 35.9 Å². The van der Waals surface area contributed by atoms with Gasteiger partial charge in [-0.05, 0) is 37.2 Å². The fourth-order valence-corrected chi connectivity index (χ4v) is 3.85. The van der Waals surface area contributed by atoms with Crippen molar-refractivity contribution in [3.63, 3.8) is 0 Å². The first kappa shape index (κ1) is 14.6. The highest BCUT2D eigenvalue weighted by Crippen LogP contribution is 2.49. The molecule has 0 aromatic carbocycles. The van der Waals surface area contributed by atoms with Crippen molar-refractivity contribution >= 4 is 33.3 Å². The van der Waals surface area contributed by atoms with Crippen LogP contribution in [0.25, 0.3) is 10.2 Å². The van der Waals surface area contributed by atoms with Crippen molar-refractivity contribution in [2.24, 2.45) is 5.41 Å². The molecule has 0 atom stereocenters. The molecule has 0 amide bonds. The van der Waals surface area contributed by atoms with Gasteiger partial charge in [0.05, 0.1) is 5.39 Å². The zero-order valence-corrected chi connectivity index (χ0v) is 13.9. The topological polar surface area (TPSA) is 49.8 Å². The molecule has 1 fully saturated rings. The second-order valence-electron chi connectivity index (χ2n) is 6.03. The Kier molecular flexibility index (Phi) is 4.02. The van der Waals surface area contributed by atoms with Crippen molar-refractivity contribution in [2.75, 3.05) is 24.2 Å². The van der Waals surface area contributed by atoms with Crippen LogP contribution >= 0.6 is 11.3 Å². The largest absolute Gasteiger partial charge is 0.369 e. The molecule has 4 nitrogen and oxygen atoms in total. The molecule has 21 heavy (non-hydrogen) atoms. The number of thiophene rings is 1. The van der Waals surface area contributed by atoms with Gasteiger partial charge in [-0.25, -0.2) is 4.98 Å². The Morgan fingerprint density at radius 2 is 2.10 bits per heavy atom. The van der Waals surface area contributed by atoms with Crippen LogP contribution in [0.5, 0.6) is 0 Å². The third-order valence-electron chi connectivity index (χ3n) is 4.38. The van der Waals surface area contributed by atoms with Crippen LogP contribution < -0.4 is 10.6 Å². The number of aryl methyl sites for hydroxylation is 1.